The number of nitrogens with one attached hydrogen (secondary N) is 1. The molecule has 0 atom stereocenters. The van der Waals surface area contributed by atoms with Crippen molar-refractivity contribution in [3.05, 3.63) is 87.4 Å². The van der Waals surface area contributed by atoms with Crippen LogP contribution < -0.4 is 10.2 Å². The Morgan fingerprint density at radius 2 is 1.84 bits per heavy atom. The Morgan fingerprint density at radius 1 is 1.12 bits per heavy atom. The van der Waals surface area contributed by atoms with Crippen LogP contribution in [0.3, 0.4) is 0 Å². The molecule has 2 heterocycles. The van der Waals surface area contributed by atoms with Crippen LogP contribution in [0.1, 0.15) is 11.3 Å². The number of rotatable bonds is 4. The summed E-state index contributed by atoms with van der Waals surface area (Å²) in [6.07, 6.45) is 1.28. The van der Waals surface area contributed by atoms with Crippen molar-refractivity contribution >= 4 is 46.6 Å². The Kier molecular flexibility index (Phi) is 5.37. The number of carbonyl (C=O) groups excluding carboxylic acids is 2. The third-order valence-electron chi connectivity index (χ3n) is 4.79. The van der Waals surface area contributed by atoms with Gasteiger partial charge in [-0.3, -0.25) is 29.9 Å². The molecule has 1 aliphatic rings. The maximum atomic E-state index is 13.2. The average Bonchev–Trinajstić information content (AvgIpc) is 3.20. The molecule has 2 aromatic carbocycles. The second kappa shape index (κ2) is 8.16. The third kappa shape index (κ3) is 3.91. The number of furan rings is 1. The first-order valence-electron chi connectivity index (χ1n) is 9.27. The van der Waals surface area contributed by atoms with Crippen molar-refractivity contribution in [1.29, 1.82) is 0 Å². The molecule has 1 N–H and O–H groups in total. The van der Waals surface area contributed by atoms with E-state index >= 15 is 0 Å². The molecule has 0 radical (unpaired) electrons. The smallest absolute Gasteiger partial charge is 0.270 e. The number of anilines is 1. The molecule has 8 nitrogen and oxygen atoms in total. The van der Waals surface area contributed by atoms with Crippen LogP contribution >= 0.6 is 12.2 Å². The second-order valence-electron chi connectivity index (χ2n) is 6.89. The van der Waals surface area contributed by atoms with Gasteiger partial charge in [-0.15, -0.1) is 0 Å². The van der Waals surface area contributed by atoms with Crippen molar-refractivity contribution in [2.45, 2.75) is 6.92 Å². The number of thiocarbonyl (C=S) groups is 1. The van der Waals surface area contributed by atoms with Crippen LogP contribution in [0.4, 0.5) is 15.8 Å². The van der Waals surface area contributed by atoms with Crippen LogP contribution in [0.25, 0.3) is 17.4 Å². The lowest BCUT2D eigenvalue weighted by atomic mass is 10.1. The van der Waals surface area contributed by atoms with E-state index in [9.17, 15) is 24.1 Å². The van der Waals surface area contributed by atoms with Gasteiger partial charge in [-0.1, -0.05) is 0 Å². The number of aryl methyl sites for hydroxylation is 1. The zero-order valence-electron chi connectivity index (χ0n) is 16.5. The Bertz CT molecular complexity index is 1310. The fraction of sp³-hybridized carbons (Fsp3) is 0.0455. The number of amides is 2. The highest BCUT2D eigenvalue weighted by atomic mass is 32.1. The van der Waals surface area contributed by atoms with Gasteiger partial charge in [0.15, 0.2) is 5.11 Å². The van der Waals surface area contributed by atoms with Gasteiger partial charge in [0, 0.05) is 17.7 Å². The van der Waals surface area contributed by atoms with Gasteiger partial charge in [0.05, 0.1) is 10.6 Å². The van der Waals surface area contributed by atoms with Crippen molar-refractivity contribution < 1.29 is 23.3 Å². The highest BCUT2D eigenvalue weighted by Crippen LogP contribution is 2.30. The molecular formula is C22H14FN3O5S. The number of nitro benzene ring substituents is 1. The number of hydrogen-bond acceptors (Lipinski definition) is 6. The molecule has 2 amide bonds. The number of carbonyl (C=O) groups is 2. The zero-order valence-corrected chi connectivity index (χ0v) is 17.3. The first-order valence-corrected chi connectivity index (χ1v) is 9.67. The summed E-state index contributed by atoms with van der Waals surface area (Å²) in [7, 11) is 0. The topological polar surface area (TPSA) is 106 Å². The minimum Gasteiger partial charge on any atom is -0.457 e. The predicted molar refractivity (Wildman–Crippen MR) is 118 cm³/mol. The first-order chi connectivity index (χ1) is 15.2. The number of benzene rings is 2. The summed E-state index contributed by atoms with van der Waals surface area (Å²) in [5.41, 5.74) is 1.31. The van der Waals surface area contributed by atoms with Gasteiger partial charge in [0.1, 0.15) is 22.9 Å². The minimum absolute atomic E-state index is 0.0403. The molecule has 3 aromatic rings. The molecule has 0 spiro atoms. The van der Waals surface area contributed by atoms with Gasteiger partial charge in [-0.05, 0) is 73.2 Å². The van der Waals surface area contributed by atoms with E-state index in [1.165, 1.54) is 42.5 Å². The molecule has 1 aromatic heterocycles. The van der Waals surface area contributed by atoms with Crippen molar-refractivity contribution in [2.75, 3.05) is 4.90 Å². The molecule has 0 saturated carbocycles. The number of nitrogens with zero attached hydrogens (tertiary/aromatic N) is 2. The van der Waals surface area contributed by atoms with E-state index in [2.05, 4.69) is 5.32 Å². The predicted octanol–water partition coefficient (Wildman–Crippen LogP) is 4.13. The van der Waals surface area contributed by atoms with Gasteiger partial charge < -0.3 is 4.42 Å². The molecule has 0 bridgehead atoms. The quantitative estimate of drug-likeness (QED) is 0.210. The molecular weight excluding hydrogens is 437 g/mol. The van der Waals surface area contributed by atoms with Gasteiger partial charge in [0.25, 0.3) is 17.5 Å². The lowest BCUT2D eigenvalue weighted by Crippen LogP contribution is -2.54. The maximum absolute atomic E-state index is 13.2. The van der Waals surface area contributed by atoms with Crippen LogP contribution in [0.15, 0.2) is 64.6 Å². The van der Waals surface area contributed by atoms with Crippen LogP contribution in [0.2, 0.25) is 0 Å². The van der Waals surface area contributed by atoms with E-state index in [4.69, 9.17) is 16.6 Å². The summed E-state index contributed by atoms with van der Waals surface area (Å²) < 4.78 is 19.0. The monoisotopic (exact) mass is 451 g/mol. The van der Waals surface area contributed by atoms with Gasteiger partial charge in [0.2, 0.25) is 0 Å². The summed E-state index contributed by atoms with van der Waals surface area (Å²) >= 11 is 5.11. The van der Waals surface area contributed by atoms with Crippen molar-refractivity contribution in [3.8, 4) is 11.3 Å². The normalized spacial score (nSPS) is 15.2. The number of non-ortho nitro benzene ring substituents is 1. The summed E-state index contributed by atoms with van der Waals surface area (Å²) in [6, 6.07) is 12.7. The number of hydrogen-bond donors (Lipinski definition) is 1. The molecule has 160 valence electrons. The molecule has 1 saturated heterocycles. The largest absolute Gasteiger partial charge is 0.457 e. The Hall–Kier alpha value is -4.18. The first kappa shape index (κ1) is 21.1. The van der Waals surface area contributed by atoms with E-state index in [0.717, 1.165) is 4.90 Å². The van der Waals surface area contributed by atoms with Crippen molar-refractivity contribution in [1.82, 2.24) is 5.32 Å². The van der Waals surface area contributed by atoms with Crippen molar-refractivity contribution in [2.24, 2.45) is 0 Å². The summed E-state index contributed by atoms with van der Waals surface area (Å²) in [5, 5.41) is 13.2. The number of halogens is 1. The van der Waals surface area contributed by atoms with E-state index < -0.39 is 22.6 Å². The SMILES string of the molecule is Cc1cc([N+](=O)[O-])ccc1-c1ccc(/C=C2\C(=O)NC(=S)N(c3ccc(F)cc3)C2=O)o1. The highest BCUT2D eigenvalue weighted by molar-refractivity contribution is 7.80. The van der Waals surface area contributed by atoms with Gasteiger partial charge >= 0.3 is 0 Å². The third-order valence-corrected chi connectivity index (χ3v) is 5.07. The van der Waals surface area contributed by atoms with E-state index in [0.29, 0.717) is 22.6 Å². The maximum Gasteiger partial charge on any atom is 0.270 e. The molecule has 10 heteroatoms. The van der Waals surface area contributed by atoms with E-state index in [1.54, 1.807) is 25.1 Å². The van der Waals surface area contributed by atoms with E-state index in [-0.39, 0.29) is 22.1 Å². The second-order valence-corrected chi connectivity index (χ2v) is 7.28. The molecule has 0 aliphatic carbocycles. The lowest BCUT2D eigenvalue weighted by Gasteiger charge is -2.28. The number of nitro groups is 1. The fourth-order valence-corrected chi connectivity index (χ4v) is 3.52. The summed E-state index contributed by atoms with van der Waals surface area (Å²) in [6.45, 7) is 1.71. The standard InChI is InChI=1S/C22H14FN3O5S/c1-12-10-15(26(29)30)6-8-17(12)19-9-7-16(31-19)11-18-20(27)24-22(32)25(21(18)28)14-4-2-13(23)3-5-14/h2-11H,1H3,(H,24,27,32)/b18-11+. The van der Waals surface area contributed by atoms with Crippen LogP contribution in [-0.2, 0) is 9.59 Å². The molecule has 1 fully saturated rings. The average molecular weight is 451 g/mol. The molecule has 4 rings (SSSR count). The van der Waals surface area contributed by atoms with E-state index in [1.807, 2.05) is 0 Å². The molecule has 1 aliphatic heterocycles. The fourth-order valence-electron chi connectivity index (χ4n) is 3.24. The Labute approximate surface area is 186 Å². The Balaban J connectivity index is 1.66. The van der Waals surface area contributed by atoms with Crippen LogP contribution in [0.5, 0.6) is 0 Å². The van der Waals surface area contributed by atoms with Crippen LogP contribution in [0, 0.1) is 22.9 Å². The Morgan fingerprint density at radius 3 is 2.50 bits per heavy atom. The molecule has 0 unspecified atom stereocenters. The minimum atomic E-state index is -0.692. The summed E-state index contributed by atoms with van der Waals surface area (Å²) in [4.78, 5) is 36.9. The van der Waals surface area contributed by atoms with Gasteiger partial charge in [-0.25, -0.2) is 4.39 Å². The molecule has 32 heavy (non-hydrogen) atoms. The van der Waals surface area contributed by atoms with Crippen molar-refractivity contribution in [3.63, 3.8) is 0 Å². The van der Waals surface area contributed by atoms with Crippen LogP contribution in [-0.4, -0.2) is 21.9 Å². The highest BCUT2D eigenvalue weighted by Gasteiger charge is 2.34. The zero-order chi connectivity index (χ0) is 23.0. The summed E-state index contributed by atoms with van der Waals surface area (Å²) in [5.74, 6) is -1.21. The van der Waals surface area contributed by atoms with Gasteiger partial charge in [-0.2, -0.15) is 0 Å². The lowest BCUT2D eigenvalue weighted by molar-refractivity contribution is -0.384.